The molecule has 0 radical (unpaired) electrons. The van der Waals surface area contributed by atoms with E-state index in [1.807, 2.05) is 0 Å². The van der Waals surface area contributed by atoms with E-state index in [0.29, 0.717) is 23.3 Å². The molecular weight excluding hydrogens is 558 g/mol. The summed E-state index contributed by atoms with van der Waals surface area (Å²) >= 11 is 1.17. The van der Waals surface area contributed by atoms with Gasteiger partial charge in [-0.1, -0.05) is 43.3 Å². The first-order chi connectivity index (χ1) is 17.3. The monoisotopic (exact) mass is 580 g/mol. The van der Waals surface area contributed by atoms with E-state index in [1.165, 1.54) is 30.4 Å². The quantitative estimate of drug-likeness (QED) is 0.161. The van der Waals surface area contributed by atoms with Crippen LogP contribution in [0.3, 0.4) is 0 Å². The molecule has 2 aromatic rings. The molecule has 1 aromatic heterocycles. The van der Waals surface area contributed by atoms with Gasteiger partial charge < -0.3 is 15.3 Å². The van der Waals surface area contributed by atoms with Gasteiger partial charge in [0.2, 0.25) is 5.60 Å². The van der Waals surface area contributed by atoms with Crippen molar-refractivity contribution < 1.29 is 59.2 Å². The van der Waals surface area contributed by atoms with E-state index in [2.05, 4.69) is 0 Å². The Morgan fingerprint density at radius 1 is 0.816 bits per heavy atom. The highest BCUT2D eigenvalue weighted by molar-refractivity contribution is 7.13. The molecule has 3 N–H and O–H groups in total. The van der Waals surface area contributed by atoms with Gasteiger partial charge >= 0.3 is 24.2 Å². The van der Waals surface area contributed by atoms with E-state index in [0.717, 1.165) is 16.5 Å². The molecule has 0 aliphatic carbocycles. The second kappa shape index (κ2) is 11.4. The summed E-state index contributed by atoms with van der Waals surface area (Å²) < 4.78 is 132. The topological polar surface area (TPSA) is 60.7 Å². The van der Waals surface area contributed by atoms with Crippen molar-refractivity contribution in [2.75, 3.05) is 0 Å². The van der Waals surface area contributed by atoms with Gasteiger partial charge in [0, 0.05) is 15.3 Å². The Morgan fingerprint density at radius 2 is 1.34 bits per heavy atom. The van der Waals surface area contributed by atoms with E-state index in [4.69, 9.17) is 10.2 Å². The lowest BCUT2D eigenvalue weighted by atomic mass is 9.86. The highest BCUT2D eigenvalue weighted by atomic mass is 32.1. The molecule has 212 valence electrons. The lowest BCUT2D eigenvalue weighted by Crippen LogP contribution is -2.69. The first-order valence-electron chi connectivity index (χ1n) is 10.8. The van der Waals surface area contributed by atoms with Crippen molar-refractivity contribution in [2.24, 2.45) is 0 Å². The number of benzene rings is 1. The molecule has 14 heteroatoms. The van der Waals surface area contributed by atoms with Crippen molar-refractivity contribution in [1.29, 1.82) is 0 Å². The second-order valence-corrected chi connectivity index (χ2v) is 9.36. The second-order valence-electron chi connectivity index (χ2n) is 8.20. The Bertz CT molecular complexity index is 1100. The fraction of sp³-hybridized carbons (Fsp3) is 0.417. The van der Waals surface area contributed by atoms with Crippen molar-refractivity contribution in [3.63, 3.8) is 0 Å². The van der Waals surface area contributed by atoms with E-state index >= 15 is 0 Å². The minimum absolute atomic E-state index is 0.0962. The summed E-state index contributed by atoms with van der Waals surface area (Å²) in [5.41, 5.74) is -4.58. The molecular formula is C24H22F10O3S. The molecule has 2 rings (SSSR count). The number of halogens is 10. The van der Waals surface area contributed by atoms with Gasteiger partial charge in [-0.2, -0.15) is 43.9 Å². The van der Waals surface area contributed by atoms with Crippen LogP contribution in [0.1, 0.15) is 40.5 Å². The molecule has 0 aliphatic heterocycles. The van der Waals surface area contributed by atoms with Crippen molar-refractivity contribution in [3.05, 3.63) is 75.5 Å². The summed E-state index contributed by atoms with van der Waals surface area (Å²) in [7, 11) is 0. The molecule has 1 heterocycles. The molecule has 0 spiro atoms. The molecule has 1 aromatic carbocycles. The van der Waals surface area contributed by atoms with Crippen LogP contribution in [0.5, 0.6) is 0 Å². The van der Waals surface area contributed by atoms with Crippen LogP contribution in [0, 0.1) is 0 Å². The predicted molar refractivity (Wildman–Crippen MR) is 120 cm³/mol. The Balaban J connectivity index is 2.31. The average Bonchev–Trinajstić information content (AvgIpc) is 3.27. The number of hydrogen-bond donors (Lipinski definition) is 3. The molecule has 0 amide bonds. The first kappa shape index (κ1) is 31.8. The lowest BCUT2D eigenvalue weighted by molar-refractivity contribution is -0.409. The zero-order valence-electron chi connectivity index (χ0n) is 19.4. The first-order valence-corrected chi connectivity index (χ1v) is 11.6. The van der Waals surface area contributed by atoms with E-state index in [9.17, 15) is 49.0 Å². The Hall–Kier alpha value is -2.42. The predicted octanol–water partition coefficient (Wildman–Crippen LogP) is 6.99. The molecule has 0 unspecified atom stereocenters. The standard InChI is InChI=1S/C24H22F10O3S/c1-2-15(18-12-11-17(38-18)10-7-14-5-8-16(9-6-14)19(35)36)4-3-13-20(37,21(25,26)23(29,30)31)22(27,28)24(32,33)34/h3-6,8-9,11-13,19,35-37H,2,7,10H2,1H3. The lowest BCUT2D eigenvalue weighted by Gasteiger charge is -2.40. The van der Waals surface area contributed by atoms with E-state index in [1.54, 1.807) is 24.3 Å². The Labute approximate surface area is 214 Å². The maximum absolute atomic E-state index is 13.8. The van der Waals surface area contributed by atoms with Crippen LogP contribution >= 0.6 is 11.3 Å². The van der Waals surface area contributed by atoms with E-state index < -0.39 is 42.2 Å². The van der Waals surface area contributed by atoms with E-state index in [-0.39, 0.29) is 18.1 Å². The Kier molecular flexibility index (Phi) is 9.51. The maximum atomic E-state index is 13.8. The third-order valence-corrected chi connectivity index (χ3v) is 6.82. The largest absolute Gasteiger partial charge is 0.457 e. The Morgan fingerprint density at radius 3 is 1.79 bits per heavy atom. The van der Waals surface area contributed by atoms with Gasteiger partial charge in [-0.25, -0.2) is 0 Å². The summed E-state index contributed by atoms with van der Waals surface area (Å²) in [6.45, 7) is 1.52. The van der Waals surface area contributed by atoms with Crippen molar-refractivity contribution >= 4 is 16.9 Å². The van der Waals surface area contributed by atoms with Crippen LogP contribution in [-0.4, -0.2) is 45.1 Å². The molecule has 0 bridgehead atoms. The van der Waals surface area contributed by atoms with Crippen LogP contribution < -0.4 is 0 Å². The van der Waals surface area contributed by atoms with Crippen LogP contribution in [0.2, 0.25) is 0 Å². The third-order valence-electron chi connectivity index (χ3n) is 5.60. The number of aliphatic hydroxyl groups is 3. The SMILES string of the molecule is CCC(=CC=CC(O)(C(F)(F)C(F)(F)F)C(F)(F)C(F)(F)F)c1ccc(CCc2ccc(C(O)O)cc2)s1. The van der Waals surface area contributed by atoms with Crippen LogP contribution in [0.15, 0.2) is 54.6 Å². The van der Waals surface area contributed by atoms with Gasteiger partial charge in [0.15, 0.2) is 6.29 Å². The number of alkyl halides is 10. The van der Waals surface area contributed by atoms with Crippen LogP contribution in [-0.2, 0) is 12.8 Å². The number of hydrogen-bond acceptors (Lipinski definition) is 4. The fourth-order valence-corrected chi connectivity index (χ4v) is 4.43. The normalized spacial score (nSPS) is 14.7. The average molecular weight is 580 g/mol. The number of aryl methyl sites for hydroxylation is 2. The third kappa shape index (κ3) is 6.41. The minimum Gasteiger partial charge on any atom is -0.374 e. The van der Waals surface area contributed by atoms with Gasteiger partial charge in [0.25, 0.3) is 0 Å². The molecule has 0 saturated heterocycles. The number of rotatable bonds is 10. The maximum Gasteiger partial charge on any atom is 0.457 e. The summed E-state index contributed by atoms with van der Waals surface area (Å²) in [5, 5.41) is 27.8. The molecule has 0 fully saturated rings. The van der Waals surface area contributed by atoms with Gasteiger partial charge in [-0.15, -0.1) is 11.3 Å². The number of thiophene rings is 1. The molecule has 0 saturated carbocycles. The molecule has 0 atom stereocenters. The molecule has 38 heavy (non-hydrogen) atoms. The zero-order chi connectivity index (χ0) is 29.2. The summed E-state index contributed by atoms with van der Waals surface area (Å²) in [4.78, 5) is 1.23. The molecule has 3 nitrogen and oxygen atoms in total. The highest BCUT2D eigenvalue weighted by Crippen LogP contribution is 2.55. The van der Waals surface area contributed by atoms with Gasteiger partial charge in [0.1, 0.15) is 0 Å². The summed E-state index contributed by atoms with van der Waals surface area (Å²) in [6.07, 6.45) is -14.3. The smallest absolute Gasteiger partial charge is 0.374 e. The van der Waals surface area contributed by atoms with Gasteiger partial charge in [0.05, 0.1) is 0 Å². The van der Waals surface area contributed by atoms with Crippen molar-refractivity contribution in [2.45, 2.75) is 62.3 Å². The zero-order valence-corrected chi connectivity index (χ0v) is 20.2. The minimum atomic E-state index is -6.92. The summed E-state index contributed by atoms with van der Waals surface area (Å²) in [5.74, 6) is -13.7. The van der Waals surface area contributed by atoms with Crippen molar-refractivity contribution in [1.82, 2.24) is 0 Å². The van der Waals surface area contributed by atoms with Gasteiger partial charge in [-0.3, -0.25) is 0 Å². The van der Waals surface area contributed by atoms with Crippen molar-refractivity contribution in [3.8, 4) is 0 Å². The van der Waals surface area contributed by atoms with Gasteiger partial charge in [-0.05, 0) is 48.6 Å². The fourth-order valence-electron chi connectivity index (χ4n) is 3.33. The molecule has 0 aliphatic rings. The van der Waals surface area contributed by atoms with Crippen LogP contribution in [0.25, 0.3) is 5.57 Å². The summed E-state index contributed by atoms with van der Waals surface area (Å²) in [6, 6.07) is 9.63. The number of allylic oxidation sites excluding steroid dienone is 3. The highest BCUT2D eigenvalue weighted by Gasteiger charge is 2.83. The van der Waals surface area contributed by atoms with Crippen LogP contribution in [0.4, 0.5) is 43.9 Å². The number of aliphatic hydroxyl groups excluding tert-OH is 1.